The molecular weight excluding hydrogens is 321 g/mol. The zero-order valence-corrected chi connectivity index (χ0v) is 12.6. The van der Waals surface area contributed by atoms with Crippen molar-refractivity contribution in [3.63, 3.8) is 0 Å². The first kappa shape index (κ1) is 14.8. The molecule has 0 unspecified atom stereocenters. The highest BCUT2D eigenvalue weighted by atomic mass is 35.5. The van der Waals surface area contributed by atoms with Crippen molar-refractivity contribution in [2.24, 2.45) is 0 Å². The summed E-state index contributed by atoms with van der Waals surface area (Å²) in [6.45, 7) is 1.73. The Morgan fingerprint density at radius 3 is 2.55 bits per heavy atom. The molecule has 0 aliphatic rings. The number of carboxylic acids is 1. The average molecular weight is 330 g/mol. The summed E-state index contributed by atoms with van der Waals surface area (Å²) in [6.07, 6.45) is 0. The highest BCUT2D eigenvalue weighted by Crippen LogP contribution is 2.29. The maximum atomic E-state index is 12.1. The molecule has 0 saturated heterocycles. The first-order chi connectivity index (χ1) is 9.40. The van der Waals surface area contributed by atoms with Gasteiger partial charge in [-0.05, 0) is 36.1 Å². The number of nitrogens with one attached hydrogen (secondary N) is 1. The predicted octanol–water partition coefficient (Wildman–Crippen LogP) is 4.31. The Bertz CT molecular complexity index is 697. The highest BCUT2D eigenvalue weighted by Gasteiger charge is 2.18. The van der Waals surface area contributed by atoms with Crippen LogP contribution in [0.25, 0.3) is 0 Å². The molecule has 1 heterocycles. The fourth-order valence-electron chi connectivity index (χ4n) is 1.58. The van der Waals surface area contributed by atoms with Crippen LogP contribution < -0.4 is 5.32 Å². The molecule has 2 aromatic rings. The van der Waals surface area contributed by atoms with E-state index in [1.165, 1.54) is 18.2 Å². The Morgan fingerprint density at radius 2 is 1.95 bits per heavy atom. The lowest BCUT2D eigenvalue weighted by Gasteiger charge is -2.07. The second-order valence-corrected chi connectivity index (χ2v) is 5.71. The van der Waals surface area contributed by atoms with E-state index in [2.05, 4.69) is 5.32 Å². The van der Waals surface area contributed by atoms with E-state index >= 15 is 0 Å². The van der Waals surface area contributed by atoms with Gasteiger partial charge in [-0.2, -0.15) is 0 Å². The molecule has 4 nitrogen and oxygen atoms in total. The average Bonchev–Trinajstić information content (AvgIpc) is 2.74. The Labute approximate surface area is 128 Å². The summed E-state index contributed by atoms with van der Waals surface area (Å²) in [4.78, 5) is 23.3. The van der Waals surface area contributed by atoms with E-state index in [1.807, 2.05) is 0 Å². The molecule has 0 fully saturated rings. The zero-order chi connectivity index (χ0) is 14.9. The number of rotatable bonds is 3. The van der Waals surface area contributed by atoms with Gasteiger partial charge in [0, 0.05) is 5.56 Å². The third-order valence-corrected chi connectivity index (χ3v) is 4.41. The second kappa shape index (κ2) is 5.83. The van der Waals surface area contributed by atoms with Gasteiger partial charge < -0.3 is 10.4 Å². The number of carbonyl (C=O) groups excluding carboxylic acids is 1. The summed E-state index contributed by atoms with van der Waals surface area (Å²) in [5, 5.41) is 13.9. The molecule has 1 aromatic carbocycles. The van der Waals surface area contributed by atoms with Gasteiger partial charge in [0.2, 0.25) is 0 Å². The first-order valence-electron chi connectivity index (χ1n) is 5.48. The lowest BCUT2D eigenvalue weighted by atomic mass is 10.2. The number of anilines is 1. The second-order valence-electron chi connectivity index (χ2n) is 4.01. The molecule has 104 valence electrons. The smallest absolute Gasteiger partial charge is 0.348 e. The number of hydrogen-bond acceptors (Lipinski definition) is 3. The van der Waals surface area contributed by atoms with Gasteiger partial charge in [0.15, 0.2) is 0 Å². The molecule has 1 aromatic heterocycles. The van der Waals surface area contributed by atoms with Crippen molar-refractivity contribution in [3.8, 4) is 0 Å². The maximum absolute atomic E-state index is 12.1. The van der Waals surface area contributed by atoms with Crippen molar-refractivity contribution in [2.75, 3.05) is 5.32 Å². The molecule has 0 bridgehead atoms. The standard InChI is InChI=1S/C13H9Cl2NO3S/c1-6-5-20-11(13(18)19)10(6)16-12(17)7-2-3-8(14)9(15)4-7/h2-5H,1H3,(H,16,17)(H,18,19). The summed E-state index contributed by atoms with van der Waals surface area (Å²) in [5.41, 5.74) is 1.31. The quantitative estimate of drug-likeness (QED) is 0.881. The number of aromatic carboxylic acids is 1. The Balaban J connectivity index is 2.30. The van der Waals surface area contributed by atoms with Crippen LogP contribution in [0.3, 0.4) is 0 Å². The third-order valence-electron chi connectivity index (χ3n) is 2.59. The van der Waals surface area contributed by atoms with Crippen molar-refractivity contribution in [2.45, 2.75) is 6.92 Å². The Hall–Kier alpha value is -1.56. The van der Waals surface area contributed by atoms with Crippen molar-refractivity contribution in [3.05, 3.63) is 49.6 Å². The minimum Gasteiger partial charge on any atom is -0.477 e. The molecule has 0 radical (unpaired) electrons. The number of carbonyl (C=O) groups is 2. The number of aryl methyl sites for hydroxylation is 1. The lowest BCUT2D eigenvalue weighted by Crippen LogP contribution is -2.14. The molecule has 2 N–H and O–H groups in total. The minimum atomic E-state index is -1.08. The molecule has 0 saturated carbocycles. The SMILES string of the molecule is Cc1csc(C(=O)O)c1NC(=O)c1ccc(Cl)c(Cl)c1. The van der Waals surface area contributed by atoms with E-state index in [4.69, 9.17) is 28.3 Å². The van der Waals surface area contributed by atoms with E-state index in [9.17, 15) is 9.59 Å². The number of carboxylic acid groups (broad SMARTS) is 1. The largest absolute Gasteiger partial charge is 0.477 e. The molecule has 0 atom stereocenters. The monoisotopic (exact) mass is 329 g/mol. The van der Waals surface area contributed by atoms with E-state index in [0.29, 0.717) is 21.8 Å². The number of amides is 1. The number of benzene rings is 1. The molecular formula is C13H9Cl2NO3S. The molecule has 0 aliphatic heterocycles. The molecule has 0 spiro atoms. The van der Waals surface area contributed by atoms with Crippen molar-refractivity contribution >= 4 is 52.1 Å². The van der Waals surface area contributed by atoms with Gasteiger partial charge in [-0.25, -0.2) is 4.79 Å². The predicted molar refractivity (Wildman–Crippen MR) is 80.4 cm³/mol. The third kappa shape index (κ3) is 2.95. The minimum absolute atomic E-state index is 0.0934. The summed E-state index contributed by atoms with van der Waals surface area (Å²) in [5.74, 6) is -1.51. The van der Waals surface area contributed by atoms with Crippen LogP contribution in [0.1, 0.15) is 25.6 Å². The van der Waals surface area contributed by atoms with Gasteiger partial charge in [-0.15, -0.1) is 11.3 Å². The fraction of sp³-hybridized carbons (Fsp3) is 0.0769. The van der Waals surface area contributed by atoms with Gasteiger partial charge in [-0.1, -0.05) is 23.2 Å². The zero-order valence-electron chi connectivity index (χ0n) is 10.2. The highest BCUT2D eigenvalue weighted by molar-refractivity contribution is 7.12. The Morgan fingerprint density at radius 1 is 1.25 bits per heavy atom. The number of thiophene rings is 1. The Kier molecular flexibility index (Phi) is 4.32. The van der Waals surface area contributed by atoms with Crippen LogP contribution in [0.15, 0.2) is 23.6 Å². The topological polar surface area (TPSA) is 66.4 Å². The van der Waals surface area contributed by atoms with Gasteiger partial charge in [0.1, 0.15) is 4.88 Å². The van der Waals surface area contributed by atoms with E-state index < -0.39 is 11.9 Å². The van der Waals surface area contributed by atoms with Crippen LogP contribution in [-0.2, 0) is 0 Å². The van der Waals surface area contributed by atoms with Gasteiger partial charge >= 0.3 is 5.97 Å². The van der Waals surface area contributed by atoms with Crippen molar-refractivity contribution in [1.29, 1.82) is 0 Å². The molecule has 2 rings (SSSR count). The summed E-state index contributed by atoms with van der Waals surface area (Å²) >= 11 is 12.7. The maximum Gasteiger partial charge on any atom is 0.348 e. The summed E-state index contributed by atoms with van der Waals surface area (Å²) in [6, 6.07) is 4.46. The van der Waals surface area contributed by atoms with Crippen LogP contribution in [0.5, 0.6) is 0 Å². The van der Waals surface area contributed by atoms with Crippen LogP contribution >= 0.6 is 34.5 Å². The van der Waals surface area contributed by atoms with Gasteiger partial charge in [0.05, 0.1) is 15.7 Å². The van der Waals surface area contributed by atoms with Gasteiger partial charge in [0.25, 0.3) is 5.91 Å². The van der Waals surface area contributed by atoms with E-state index in [1.54, 1.807) is 12.3 Å². The van der Waals surface area contributed by atoms with Crippen LogP contribution in [0, 0.1) is 6.92 Å². The summed E-state index contributed by atoms with van der Waals surface area (Å²) < 4.78 is 0. The van der Waals surface area contributed by atoms with E-state index in [0.717, 1.165) is 11.3 Å². The van der Waals surface area contributed by atoms with Crippen molar-refractivity contribution in [1.82, 2.24) is 0 Å². The lowest BCUT2D eigenvalue weighted by molar-refractivity contribution is 0.0703. The van der Waals surface area contributed by atoms with E-state index in [-0.39, 0.29) is 9.90 Å². The van der Waals surface area contributed by atoms with Crippen LogP contribution in [-0.4, -0.2) is 17.0 Å². The fourth-order valence-corrected chi connectivity index (χ4v) is 2.72. The molecule has 0 aliphatic carbocycles. The number of hydrogen-bond donors (Lipinski definition) is 2. The van der Waals surface area contributed by atoms with Crippen LogP contribution in [0.4, 0.5) is 5.69 Å². The number of halogens is 2. The normalized spacial score (nSPS) is 10.3. The molecule has 20 heavy (non-hydrogen) atoms. The first-order valence-corrected chi connectivity index (χ1v) is 7.11. The van der Waals surface area contributed by atoms with Crippen LogP contribution in [0.2, 0.25) is 10.0 Å². The summed E-state index contributed by atoms with van der Waals surface area (Å²) in [7, 11) is 0. The molecule has 1 amide bonds. The molecule has 7 heteroatoms. The van der Waals surface area contributed by atoms with Gasteiger partial charge in [-0.3, -0.25) is 4.79 Å². The van der Waals surface area contributed by atoms with Crippen molar-refractivity contribution < 1.29 is 14.7 Å².